The van der Waals surface area contributed by atoms with Gasteiger partial charge in [-0.15, -0.1) is 0 Å². The Morgan fingerprint density at radius 1 is 1.56 bits per heavy atom. The highest BCUT2D eigenvalue weighted by molar-refractivity contribution is 6.32. The highest BCUT2D eigenvalue weighted by Crippen LogP contribution is 2.34. The highest BCUT2D eigenvalue weighted by atomic mass is 35.5. The summed E-state index contributed by atoms with van der Waals surface area (Å²) in [7, 11) is 0. The van der Waals surface area contributed by atoms with E-state index in [1.54, 1.807) is 6.07 Å². The van der Waals surface area contributed by atoms with Crippen molar-refractivity contribution in [1.29, 1.82) is 0 Å². The van der Waals surface area contributed by atoms with E-state index >= 15 is 0 Å². The van der Waals surface area contributed by atoms with Crippen LogP contribution in [-0.4, -0.2) is 17.7 Å². The topological polar surface area (TPSA) is 46.5 Å². The van der Waals surface area contributed by atoms with Crippen LogP contribution in [0.2, 0.25) is 5.02 Å². The number of carbonyl (C=O) groups is 1. The van der Waals surface area contributed by atoms with Gasteiger partial charge in [-0.1, -0.05) is 23.7 Å². The number of halogens is 1. The van der Waals surface area contributed by atoms with Crippen LogP contribution in [0.5, 0.6) is 5.75 Å². The highest BCUT2D eigenvalue weighted by Gasteiger charge is 2.21. The van der Waals surface area contributed by atoms with Crippen LogP contribution in [0.3, 0.4) is 0 Å². The molecule has 1 aromatic rings. The van der Waals surface area contributed by atoms with Crippen LogP contribution < -0.4 is 4.74 Å². The fraction of sp³-hybridized carbons (Fsp3) is 0.417. The minimum atomic E-state index is -0.754. The first-order valence-corrected chi connectivity index (χ1v) is 5.66. The fourth-order valence-corrected chi connectivity index (χ4v) is 2.29. The van der Waals surface area contributed by atoms with Gasteiger partial charge < -0.3 is 9.84 Å². The second-order valence-electron chi connectivity index (χ2n) is 4.03. The van der Waals surface area contributed by atoms with Crippen molar-refractivity contribution in [3.8, 4) is 5.75 Å². The van der Waals surface area contributed by atoms with Crippen molar-refractivity contribution in [2.45, 2.75) is 19.3 Å². The summed E-state index contributed by atoms with van der Waals surface area (Å²) in [6, 6.07) is 5.60. The number of rotatable bonds is 2. The van der Waals surface area contributed by atoms with Gasteiger partial charge >= 0.3 is 5.97 Å². The summed E-state index contributed by atoms with van der Waals surface area (Å²) in [5, 5.41) is 9.40. The number of carboxylic acid groups (broad SMARTS) is 1. The summed E-state index contributed by atoms with van der Waals surface area (Å²) in [4.78, 5) is 10.7. The molecule has 0 radical (unpaired) electrons. The van der Waals surface area contributed by atoms with E-state index in [4.69, 9.17) is 21.4 Å². The minimum Gasteiger partial charge on any atom is -0.492 e. The molecule has 0 amide bonds. The van der Waals surface area contributed by atoms with Crippen LogP contribution in [0.15, 0.2) is 18.2 Å². The number of carboxylic acids is 1. The monoisotopic (exact) mass is 240 g/mol. The van der Waals surface area contributed by atoms with Crippen molar-refractivity contribution < 1.29 is 14.6 Å². The molecule has 1 atom stereocenters. The summed E-state index contributed by atoms with van der Waals surface area (Å²) in [5.41, 5.74) is 1.01. The second-order valence-corrected chi connectivity index (χ2v) is 4.44. The molecule has 1 N–H and O–H groups in total. The lowest BCUT2D eigenvalue weighted by molar-refractivity contribution is -0.138. The first-order valence-electron chi connectivity index (χ1n) is 5.29. The van der Waals surface area contributed by atoms with E-state index in [1.165, 1.54) is 0 Å². The number of ether oxygens (including phenoxy) is 1. The Balaban J connectivity index is 2.21. The molecule has 0 saturated heterocycles. The van der Waals surface area contributed by atoms with E-state index in [0.717, 1.165) is 24.2 Å². The molecule has 1 heterocycles. The van der Waals surface area contributed by atoms with Crippen molar-refractivity contribution in [3.63, 3.8) is 0 Å². The molecule has 0 aromatic heterocycles. The molecule has 1 aliphatic heterocycles. The number of fused-ring (bicyclic) bond motifs is 1. The molecule has 0 saturated carbocycles. The molecule has 4 heteroatoms. The third-order valence-corrected chi connectivity index (χ3v) is 3.09. The molecule has 0 bridgehead atoms. The first-order chi connectivity index (χ1) is 7.66. The van der Waals surface area contributed by atoms with Crippen molar-refractivity contribution in [1.82, 2.24) is 0 Å². The predicted molar refractivity (Wildman–Crippen MR) is 61.0 cm³/mol. The quantitative estimate of drug-likeness (QED) is 0.865. The Labute approximate surface area is 99.0 Å². The van der Waals surface area contributed by atoms with Gasteiger partial charge in [0.25, 0.3) is 0 Å². The normalized spacial score (nSPS) is 19.4. The van der Waals surface area contributed by atoms with Gasteiger partial charge in [-0.2, -0.15) is 0 Å². The summed E-state index contributed by atoms with van der Waals surface area (Å²) in [6.45, 7) is 0.536. The zero-order chi connectivity index (χ0) is 11.5. The van der Waals surface area contributed by atoms with Crippen molar-refractivity contribution in [3.05, 3.63) is 28.8 Å². The Bertz CT molecular complexity index is 403. The predicted octanol–water partition coefficient (Wildman–Crippen LogP) is 2.76. The van der Waals surface area contributed by atoms with Crippen LogP contribution in [0.4, 0.5) is 0 Å². The van der Waals surface area contributed by atoms with Gasteiger partial charge in [-0.25, -0.2) is 0 Å². The minimum absolute atomic E-state index is 0.136. The summed E-state index contributed by atoms with van der Waals surface area (Å²) < 4.78 is 5.57. The molecule has 2 rings (SSSR count). The third kappa shape index (κ3) is 2.47. The molecule has 1 aliphatic rings. The van der Waals surface area contributed by atoms with Crippen LogP contribution in [0.1, 0.15) is 18.4 Å². The maximum Gasteiger partial charge on any atom is 0.303 e. The van der Waals surface area contributed by atoms with Gasteiger partial charge in [0.15, 0.2) is 0 Å². The molecule has 16 heavy (non-hydrogen) atoms. The maximum atomic E-state index is 10.7. The molecule has 0 fully saturated rings. The van der Waals surface area contributed by atoms with Gasteiger partial charge in [0, 0.05) is 6.42 Å². The first kappa shape index (κ1) is 11.3. The lowest BCUT2D eigenvalue weighted by atomic mass is 9.94. The molecule has 0 aliphatic carbocycles. The summed E-state index contributed by atoms with van der Waals surface area (Å²) >= 11 is 6.03. The zero-order valence-electron chi connectivity index (χ0n) is 8.78. The number of benzene rings is 1. The Hall–Kier alpha value is -1.22. The number of aliphatic carboxylic acids is 1. The molecule has 1 aromatic carbocycles. The smallest absolute Gasteiger partial charge is 0.303 e. The lowest BCUT2D eigenvalue weighted by Crippen LogP contribution is -2.11. The maximum absolute atomic E-state index is 10.7. The number of hydrogen-bond donors (Lipinski definition) is 1. The molecule has 1 unspecified atom stereocenters. The molecular formula is C12H13ClO3. The second kappa shape index (κ2) is 4.74. The van der Waals surface area contributed by atoms with Crippen molar-refractivity contribution in [2.75, 3.05) is 6.61 Å². The molecular weight excluding hydrogens is 228 g/mol. The fourth-order valence-electron chi connectivity index (χ4n) is 2.04. The van der Waals surface area contributed by atoms with E-state index in [-0.39, 0.29) is 12.3 Å². The zero-order valence-corrected chi connectivity index (χ0v) is 9.54. The Morgan fingerprint density at radius 2 is 2.38 bits per heavy atom. The van der Waals surface area contributed by atoms with Gasteiger partial charge in [0.05, 0.1) is 11.6 Å². The van der Waals surface area contributed by atoms with E-state index in [9.17, 15) is 4.79 Å². The molecule has 3 nitrogen and oxygen atoms in total. The molecule has 86 valence electrons. The Kier molecular flexibility index (Phi) is 3.34. The van der Waals surface area contributed by atoms with E-state index in [0.29, 0.717) is 11.6 Å². The van der Waals surface area contributed by atoms with Crippen LogP contribution in [0, 0.1) is 5.92 Å². The van der Waals surface area contributed by atoms with E-state index in [1.807, 2.05) is 12.1 Å². The van der Waals surface area contributed by atoms with E-state index in [2.05, 4.69) is 0 Å². The Morgan fingerprint density at radius 3 is 3.12 bits per heavy atom. The third-order valence-electron chi connectivity index (χ3n) is 2.79. The van der Waals surface area contributed by atoms with Crippen LogP contribution >= 0.6 is 11.6 Å². The van der Waals surface area contributed by atoms with Crippen LogP contribution in [-0.2, 0) is 11.2 Å². The van der Waals surface area contributed by atoms with Crippen LogP contribution in [0.25, 0.3) is 0 Å². The largest absolute Gasteiger partial charge is 0.492 e. The average molecular weight is 241 g/mol. The lowest BCUT2D eigenvalue weighted by Gasteiger charge is -2.10. The van der Waals surface area contributed by atoms with E-state index < -0.39 is 5.97 Å². The van der Waals surface area contributed by atoms with Gasteiger partial charge in [-0.05, 0) is 30.4 Å². The molecule has 0 spiro atoms. The van der Waals surface area contributed by atoms with Gasteiger partial charge in [0.1, 0.15) is 5.75 Å². The number of hydrogen-bond acceptors (Lipinski definition) is 2. The SMILES string of the molecule is O=C(O)CC1CCOc2c(Cl)cccc2C1. The van der Waals surface area contributed by atoms with Gasteiger partial charge in [-0.3, -0.25) is 4.79 Å². The number of para-hydroxylation sites is 1. The van der Waals surface area contributed by atoms with Crippen molar-refractivity contribution in [2.24, 2.45) is 5.92 Å². The van der Waals surface area contributed by atoms with Crippen molar-refractivity contribution >= 4 is 17.6 Å². The summed E-state index contributed by atoms with van der Waals surface area (Å²) in [5.74, 6) is 0.102. The van der Waals surface area contributed by atoms with Gasteiger partial charge in [0.2, 0.25) is 0 Å². The standard InChI is InChI=1S/C12H13ClO3/c13-10-3-1-2-9-6-8(7-11(14)15)4-5-16-12(9)10/h1-3,8H,4-7H2,(H,14,15). The average Bonchev–Trinajstić information content (AvgIpc) is 2.39. The summed E-state index contributed by atoms with van der Waals surface area (Å²) in [6.07, 6.45) is 1.68.